The largest absolute Gasteiger partial charge is 0.369 e. The number of hydrogen-bond donors (Lipinski definition) is 1. The second-order valence-corrected chi connectivity index (χ2v) is 6.44. The molecule has 0 aliphatic heterocycles. The molecule has 84 valence electrons. The van der Waals surface area contributed by atoms with E-state index in [-0.39, 0.29) is 17.1 Å². The molecule has 0 aromatic heterocycles. The Labute approximate surface area is 97.9 Å². The van der Waals surface area contributed by atoms with Crippen molar-refractivity contribution >= 4 is 27.6 Å². The van der Waals surface area contributed by atoms with Crippen LogP contribution in [0.1, 0.15) is 33.6 Å². The van der Waals surface area contributed by atoms with E-state index in [1.54, 1.807) is 0 Å². The molecule has 2 bridgehead atoms. The van der Waals surface area contributed by atoms with Crippen LogP contribution in [0.3, 0.4) is 0 Å². The van der Waals surface area contributed by atoms with Crippen LogP contribution >= 0.6 is 15.9 Å². The summed E-state index contributed by atoms with van der Waals surface area (Å²) in [7, 11) is 0. The highest BCUT2D eigenvalue weighted by molar-refractivity contribution is 9.10. The highest BCUT2D eigenvalue weighted by Crippen LogP contribution is 2.71. The van der Waals surface area contributed by atoms with E-state index in [2.05, 4.69) is 15.9 Å². The number of Topliss-reactive ketones (excluding diaryl/α,β-unsaturated/α-hetero) is 1. The number of hydrogen-bond acceptors (Lipinski definition) is 2. The molecule has 3 atom stereocenters. The first-order valence-corrected chi connectivity index (χ1v) is 6.12. The fourth-order valence-corrected chi connectivity index (χ4v) is 5.03. The van der Waals surface area contributed by atoms with Gasteiger partial charge in [-0.2, -0.15) is 0 Å². The van der Waals surface area contributed by atoms with Crippen molar-refractivity contribution in [3.63, 3.8) is 0 Å². The quantitative estimate of drug-likeness (QED) is 0.739. The average molecular weight is 274 g/mol. The van der Waals surface area contributed by atoms with Crippen LogP contribution in [0, 0.1) is 16.2 Å². The van der Waals surface area contributed by atoms with Crippen LogP contribution in [-0.2, 0) is 9.59 Å². The van der Waals surface area contributed by atoms with Crippen LogP contribution in [0.15, 0.2) is 0 Å². The second kappa shape index (κ2) is 2.65. The van der Waals surface area contributed by atoms with Crippen molar-refractivity contribution in [3.05, 3.63) is 0 Å². The summed E-state index contributed by atoms with van der Waals surface area (Å²) in [5, 5.41) is 0. The number of halogens is 1. The van der Waals surface area contributed by atoms with Gasteiger partial charge < -0.3 is 5.73 Å². The van der Waals surface area contributed by atoms with Crippen LogP contribution < -0.4 is 5.73 Å². The molecule has 1 amide bonds. The lowest BCUT2D eigenvalue weighted by Gasteiger charge is -2.38. The molecule has 2 N–H and O–H groups in total. The Morgan fingerprint density at radius 1 is 1.40 bits per heavy atom. The average Bonchev–Trinajstić information content (AvgIpc) is 2.39. The van der Waals surface area contributed by atoms with E-state index < -0.39 is 15.7 Å². The van der Waals surface area contributed by atoms with Crippen LogP contribution in [0.5, 0.6) is 0 Å². The van der Waals surface area contributed by atoms with Gasteiger partial charge in [0.1, 0.15) is 0 Å². The molecule has 2 rings (SSSR count). The summed E-state index contributed by atoms with van der Waals surface area (Å²) in [5.41, 5.74) is 4.08. The number of ketones is 1. The van der Waals surface area contributed by atoms with Gasteiger partial charge in [0.25, 0.3) is 0 Å². The van der Waals surface area contributed by atoms with E-state index in [1.807, 2.05) is 20.8 Å². The van der Waals surface area contributed by atoms with Gasteiger partial charge in [-0.05, 0) is 18.3 Å². The third-order valence-electron chi connectivity index (χ3n) is 5.16. The van der Waals surface area contributed by atoms with E-state index in [0.717, 1.165) is 6.42 Å². The van der Waals surface area contributed by atoms with Gasteiger partial charge in [0, 0.05) is 5.41 Å². The van der Waals surface area contributed by atoms with Crippen LogP contribution in [0.2, 0.25) is 0 Å². The van der Waals surface area contributed by atoms with E-state index in [9.17, 15) is 9.59 Å². The third kappa shape index (κ3) is 0.846. The van der Waals surface area contributed by atoms with E-state index in [1.165, 1.54) is 0 Å². The third-order valence-corrected chi connectivity index (χ3v) is 6.36. The Morgan fingerprint density at radius 3 is 2.20 bits per heavy atom. The van der Waals surface area contributed by atoms with Gasteiger partial charge in [-0.25, -0.2) is 0 Å². The van der Waals surface area contributed by atoms with Crippen molar-refractivity contribution in [2.24, 2.45) is 22.0 Å². The Bertz CT molecular complexity index is 366. The van der Waals surface area contributed by atoms with E-state index in [0.29, 0.717) is 6.42 Å². The normalized spacial score (nSPS) is 47.2. The number of fused-ring (bicyclic) bond motifs is 2. The van der Waals surface area contributed by atoms with Crippen molar-refractivity contribution in [1.29, 1.82) is 0 Å². The van der Waals surface area contributed by atoms with Crippen molar-refractivity contribution in [2.45, 2.75) is 38.4 Å². The van der Waals surface area contributed by atoms with Gasteiger partial charge in [0.05, 0.1) is 10.2 Å². The monoisotopic (exact) mass is 273 g/mol. The van der Waals surface area contributed by atoms with Crippen molar-refractivity contribution in [1.82, 2.24) is 0 Å². The molecule has 4 heteroatoms. The maximum absolute atomic E-state index is 12.2. The molecular weight excluding hydrogens is 258 g/mol. The lowest BCUT2D eigenvalue weighted by Crippen LogP contribution is -2.48. The fraction of sp³-hybridized carbons (Fsp3) is 0.818. The molecule has 2 aliphatic rings. The molecule has 2 fully saturated rings. The number of rotatable bonds is 1. The summed E-state index contributed by atoms with van der Waals surface area (Å²) in [4.78, 5) is 23.5. The molecule has 0 spiro atoms. The highest BCUT2D eigenvalue weighted by atomic mass is 79.9. The van der Waals surface area contributed by atoms with Gasteiger partial charge in [-0.3, -0.25) is 9.59 Å². The molecule has 2 aliphatic carbocycles. The topological polar surface area (TPSA) is 60.2 Å². The first kappa shape index (κ1) is 11.1. The van der Waals surface area contributed by atoms with Gasteiger partial charge in [0.2, 0.25) is 5.91 Å². The summed E-state index contributed by atoms with van der Waals surface area (Å²) in [6.45, 7) is 5.94. The number of carbonyl (C=O) groups excluding carboxylic acids is 2. The minimum atomic E-state index is -0.696. The van der Waals surface area contributed by atoms with Gasteiger partial charge in [0.15, 0.2) is 5.78 Å². The molecule has 0 saturated heterocycles. The zero-order chi connectivity index (χ0) is 11.6. The standard InChI is InChI=1S/C11H16BrNO2/c1-9(2)10(3)4-5-11(9,8(13)15)6(12)7(10)14/h6H,4-5H2,1-3H3,(H2,13,15)/t6-,10+,11+/m1/s1. The molecule has 0 unspecified atom stereocenters. The molecule has 2 saturated carbocycles. The predicted octanol–water partition coefficient (Wildman–Crippen LogP) is 1.63. The number of alkyl halides is 1. The minimum Gasteiger partial charge on any atom is -0.369 e. The molecule has 0 aromatic rings. The van der Waals surface area contributed by atoms with Crippen molar-refractivity contribution in [2.75, 3.05) is 0 Å². The maximum atomic E-state index is 12.2. The lowest BCUT2D eigenvalue weighted by atomic mass is 9.65. The molecule has 0 aromatic carbocycles. The summed E-state index contributed by atoms with van der Waals surface area (Å²) in [6, 6.07) is 0. The second-order valence-electron chi connectivity index (χ2n) is 5.52. The Kier molecular flexibility index (Phi) is 1.96. The van der Waals surface area contributed by atoms with Gasteiger partial charge >= 0.3 is 0 Å². The molecule has 0 heterocycles. The number of amides is 1. The zero-order valence-corrected chi connectivity index (χ0v) is 10.8. The van der Waals surface area contributed by atoms with Crippen LogP contribution in [0.25, 0.3) is 0 Å². The van der Waals surface area contributed by atoms with Gasteiger partial charge in [-0.15, -0.1) is 0 Å². The Morgan fingerprint density at radius 2 is 1.93 bits per heavy atom. The fourth-order valence-electron chi connectivity index (χ4n) is 3.50. The van der Waals surface area contributed by atoms with Gasteiger partial charge in [-0.1, -0.05) is 36.7 Å². The Hall–Kier alpha value is -0.380. The summed E-state index contributed by atoms with van der Waals surface area (Å²) in [6.07, 6.45) is 1.48. The minimum absolute atomic E-state index is 0.137. The van der Waals surface area contributed by atoms with E-state index >= 15 is 0 Å². The van der Waals surface area contributed by atoms with Crippen LogP contribution in [-0.4, -0.2) is 16.5 Å². The lowest BCUT2D eigenvalue weighted by molar-refractivity contribution is -0.132. The summed E-state index contributed by atoms with van der Waals surface area (Å²) < 4.78 is 0. The SMILES string of the molecule is CC1(C)[C@@]2(C)CC[C@@]1(C(N)=O)[C@H](Br)C2=O. The van der Waals surface area contributed by atoms with Crippen molar-refractivity contribution in [3.8, 4) is 0 Å². The first-order chi connectivity index (χ1) is 6.72. The van der Waals surface area contributed by atoms with Crippen molar-refractivity contribution < 1.29 is 9.59 Å². The molecule has 0 radical (unpaired) electrons. The van der Waals surface area contributed by atoms with E-state index in [4.69, 9.17) is 5.73 Å². The predicted molar refractivity (Wildman–Crippen MR) is 60.5 cm³/mol. The molecule has 15 heavy (non-hydrogen) atoms. The smallest absolute Gasteiger partial charge is 0.225 e. The zero-order valence-electron chi connectivity index (χ0n) is 9.26. The molecular formula is C11H16BrNO2. The number of primary amides is 1. The molecule has 3 nitrogen and oxygen atoms in total. The number of carbonyl (C=O) groups is 2. The summed E-state index contributed by atoms with van der Waals surface area (Å²) >= 11 is 3.38. The Balaban J connectivity index is 2.68. The van der Waals surface area contributed by atoms with Crippen LogP contribution in [0.4, 0.5) is 0 Å². The number of nitrogens with two attached hydrogens (primary N) is 1. The maximum Gasteiger partial charge on any atom is 0.225 e. The highest BCUT2D eigenvalue weighted by Gasteiger charge is 2.76. The first-order valence-electron chi connectivity index (χ1n) is 5.20. The summed E-state index contributed by atoms with van der Waals surface area (Å²) in [5.74, 6) is -0.207.